The molecule has 0 radical (unpaired) electrons. The highest BCUT2D eigenvalue weighted by Gasteiger charge is 2.75. The van der Waals surface area contributed by atoms with Gasteiger partial charge in [-0.2, -0.15) is 0 Å². The van der Waals surface area contributed by atoms with E-state index in [4.69, 9.17) is 9.97 Å². The number of aliphatic hydroxyl groups excluding tert-OH is 2. The number of anilines is 1. The van der Waals surface area contributed by atoms with Gasteiger partial charge < -0.3 is 25.4 Å². The van der Waals surface area contributed by atoms with Gasteiger partial charge in [-0.05, 0) is 48.9 Å². The standard InChI is InChI=1S/C31H30N6O3/c1-17-7-6-8-18(13-17)11-12-23-35-28(34-22-14-20(22)19-9-4-3-5-10-19)24-29(36-23)37(16-33-24)25-21-15-31(21,30(40)32-2)27(39)26(25)38/h3-10,13,16,20-22,25-27,38-39H,14-15H2,1-2H3,(H,32,40)(H,34,35,36)/t20?,21?,22?,25-,26+,27+,31?/m1/s1. The van der Waals surface area contributed by atoms with E-state index in [0.29, 0.717) is 35.1 Å². The van der Waals surface area contributed by atoms with E-state index in [-0.39, 0.29) is 17.9 Å². The van der Waals surface area contributed by atoms with E-state index in [1.807, 2.05) is 49.4 Å². The first kappa shape index (κ1) is 24.8. The van der Waals surface area contributed by atoms with Gasteiger partial charge in [0.15, 0.2) is 17.0 Å². The van der Waals surface area contributed by atoms with Crippen molar-refractivity contribution in [1.82, 2.24) is 24.8 Å². The number of hydrogen-bond acceptors (Lipinski definition) is 7. The molecular formula is C31H30N6O3. The van der Waals surface area contributed by atoms with Gasteiger partial charge in [-0.15, -0.1) is 0 Å². The van der Waals surface area contributed by atoms with Gasteiger partial charge in [0.2, 0.25) is 11.7 Å². The Morgan fingerprint density at radius 3 is 2.70 bits per heavy atom. The van der Waals surface area contributed by atoms with E-state index in [9.17, 15) is 15.0 Å². The molecule has 3 aliphatic rings. The van der Waals surface area contributed by atoms with Crippen molar-refractivity contribution in [2.24, 2.45) is 11.3 Å². The van der Waals surface area contributed by atoms with Crippen LogP contribution in [0, 0.1) is 30.1 Å². The van der Waals surface area contributed by atoms with Gasteiger partial charge in [-0.25, -0.2) is 15.0 Å². The number of nitrogens with zero attached hydrogens (tertiary/aromatic N) is 4. The summed E-state index contributed by atoms with van der Waals surface area (Å²) in [6, 6.07) is 18.0. The van der Waals surface area contributed by atoms with Crippen molar-refractivity contribution in [2.75, 3.05) is 12.4 Å². The van der Waals surface area contributed by atoms with Crippen LogP contribution in [0.25, 0.3) is 11.2 Å². The Bertz CT molecular complexity index is 1690. The minimum absolute atomic E-state index is 0.200. The topological polar surface area (TPSA) is 125 Å². The molecule has 2 aromatic heterocycles. The lowest BCUT2D eigenvalue weighted by molar-refractivity contribution is -0.132. The van der Waals surface area contributed by atoms with Gasteiger partial charge >= 0.3 is 0 Å². The molecule has 3 saturated carbocycles. The number of carbonyl (C=O) groups is 1. The summed E-state index contributed by atoms with van der Waals surface area (Å²) in [6.07, 6.45) is 0.797. The Balaban J connectivity index is 1.28. The zero-order chi connectivity index (χ0) is 27.6. The summed E-state index contributed by atoms with van der Waals surface area (Å²) < 4.78 is 1.79. The number of aromatic nitrogens is 4. The van der Waals surface area contributed by atoms with Gasteiger partial charge in [0.1, 0.15) is 6.10 Å². The number of carbonyl (C=O) groups excluding carboxylic acids is 1. The van der Waals surface area contributed by atoms with Crippen molar-refractivity contribution in [3.05, 3.63) is 83.4 Å². The lowest BCUT2D eigenvalue weighted by Crippen LogP contribution is -2.41. The van der Waals surface area contributed by atoms with E-state index in [2.05, 4.69) is 39.6 Å². The minimum atomic E-state index is -1.17. The Morgan fingerprint density at radius 1 is 1.10 bits per heavy atom. The van der Waals surface area contributed by atoms with Gasteiger partial charge in [0.25, 0.3) is 0 Å². The van der Waals surface area contributed by atoms with Gasteiger partial charge in [0.05, 0.1) is 23.9 Å². The molecule has 1 amide bonds. The number of nitrogens with one attached hydrogen (secondary N) is 2. The van der Waals surface area contributed by atoms with E-state index in [1.54, 1.807) is 17.9 Å². The van der Waals surface area contributed by atoms with Crippen LogP contribution in [0.15, 0.2) is 60.9 Å². The first-order chi connectivity index (χ1) is 19.4. The third kappa shape index (κ3) is 3.86. The second-order valence-electron chi connectivity index (χ2n) is 11.2. The molecule has 0 aliphatic heterocycles. The molecule has 202 valence electrons. The number of rotatable bonds is 5. The monoisotopic (exact) mass is 534 g/mol. The number of benzene rings is 2. The van der Waals surface area contributed by atoms with Crippen LogP contribution < -0.4 is 10.6 Å². The summed E-state index contributed by atoms with van der Waals surface area (Å²) in [7, 11) is 1.55. The third-order valence-corrected chi connectivity index (χ3v) is 8.74. The average molecular weight is 535 g/mol. The quantitative estimate of drug-likeness (QED) is 0.290. The zero-order valence-corrected chi connectivity index (χ0v) is 22.2. The first-order valence-corrected chi connectivity index (χ1v) is 13.6. The van der Waals surface area contributed by atoms with Crippen molar-refractivity contribution < 1.29 is 15.0 Å². The van der Waals surface area contributed by atoms with E-state index in [1.165, 1.54) is 5.56 Å². The van der Waals surface area contributed by atoms with Crippen molar-refractivity contribution in [2.45, 2.75) is 50.0 Å². The van der Waals surface area contributed by atoms with Crippen LogP contribution in [0.5, 0.6) is 0 Å². The highest BCUT2D eigenvalue weighted by molar-refractivity contribution is 5.88. The fraction of sp³-hybridized carbons (Fsp3) is 0.355. The highest BCUT2D eigenvalue weighted by atomic mass is 16.3. The smallest absolute Gasteiger partial charge is 0.229 e. The number of fused-ring (bicyclic) bond motifs is 2. The highest BCUT2D eigenvalue weighted by Crippen LogP contribution is 2.67. The van der Waals surface area contributed by atoms with Gasteiger partial charge in [-0.1, -0.05) is 48.4 Å². The Morgan fingerprint density at radius 2 is 1.93 bits per heavy atom. The van der Waals surface area contributed by atoms with Gasteiger partial charge in [0, 0.05) is 30.5 Å². The summed E-state index contributed by atoms with van der Waals surface area (Å²) in [4.78, 5) is 26.8. The van der Waals surface area contributed by atoms with Crippen LogP contribution >= 0.6 is 0 Å². The maximum Gasteiger partial charge on any atom is 0.229 e. The lowest BCUT2D eigenvalue weighted by atomic mass is 9.98. The second-order valence-corrected chi connectivity index (χ2v) is 11.2. The average Bonchev–Trinajstić information content (AvgIpc) is 3.85. The van der Waals surface area contributed by atoms with Gasteiger partial charge in [-0.3, -0.25) is 4.79 Å². The fourth-order valence-corrected chi connectivity index (χ4v) is 6.53. The Kier molecular flexibility index (Phi) is 5.66. The molecule has 2 heterocycles. The molecule has 9 heteroatoms. The lowest BCUT2D eigenvalue weighted by Gasteiger charge is -2.23. The number of hydrogen-bond donors (Lipinski definition) is 4. The summed E-state index contributed by atoms with van der Waals surface area (Å²) in [5.74, 6) is 7.09. The molecule has 7 atom stereocenters. The minimum Gasteiger partial charge on any atom is -0.389 e. The molecule has 4 N–H and O–H groups in total. The molecule has 3 aliphatic carbocycles. The van der Waals surface area contributed by atoms with Crippen molar-refractivity contribution in [3.8, 4) is 11.8 Å². The molecule has 0 spiro atoms. The zero-order valence-electron chi connectivity index (χ0n) is 22.2. The first-order valence-electron chi connectivity index (χ1n) is 13.6. The molecule has 40 heavy (non-hydrogen) atoms. The SMILES string of the molecule is CNC(=O)C12CC1[C@@H](n1cnc3c(NC4CC4c4ccccc4)nc(C#Cc4cccc(C)c4)nc31)[C@H](O)[C@@H]2O. The molecule has 4 aromatic rings. The summed E-state index contributed by atoms with van der Waals surface area (Å²) in [6.45, 7) is 2.02. The van der Waals surface area contributed by atoms with Crippen molar-refractivity contribution in [1.29, 1.82) is 0 Å². The van der Waals surface area contributed by atoms with E-state index < -0.39 is 23.7 Å². The number of aliphatic hydroxyl groups is 2. The normalized spacial score (nSPS) is 29.8. The van der Waals surface area contributed by atoms with Crippen LogP contribution in [0.3, 0.4) is 0 Å². The predicted molar refractivity (Wildman–Crippen MR) is 149 cm³/mol. The largest absolute Gasteiger partial charge is 0.389 e. The Hall–Kier alpha value is -4.26. The maximum atomic E-state index is 12.7. The van der Waals surface area contributed by atoms with Crippen molar-refractivity contribution in [3.63, 3.8) is 0 Å². The number of imidazole rings is 1. The molecule has 3 fully saturated rings. The molecule has 0 saturated heterocycles. The van der Waals surface area contributed by atoms with Crippen LogP contribution in [-0.2, 0) is 4.79 Å². The third-order valence-electron chi connectivity index (χ3n) is 8.74. The maximum absolute atomic E-state index is 12.7. The predicted octanol–water partition coefficient (Wildman–Crippen LogP) is 2.53. The second kappa shape index (κ2) is 9.15. The van der Waals surface area contributed by atoms with E-state index >= 15 is 0 Å². The Labute approximate surface area is 231 Å². The number of amides is 1. The van der Waals surface area contributed by atoms with Crippen molar-refractivity contribution >= 4 is 22.9 Å². The summed E-state index contributed by atoms with van der Waals surface area (Å²) in [5, 5.41) is 28.2. The molecular weight excluding hydrogens is 504 g/mol. The summed E-state index contributed by atoms with van der Waals surface area (Å²) >= 11 is 0. The van der Waals surface area contributed by atoms with Crippen LogP contribution in [0.4, 0.5) is 5.82 Å². The summed E-state index contributed by atoms with van der Waals surface area (Å²) in [5.41, 5.74) is 3.34. The van der Waals surface area contributed by atoms with E-state index in [0.717, 1.165) is 17.5 Å². The van der Waals surface area contributed by atoms with Crippen LogP contribution in [0.2, 0.25) is 0 Å². The molecule has 0 bridgehead atoms. The molecule has 4 unspecified atom stereocenters. The molecule has 2 aromatic carbocycles. The van der Waals surface area contributed by atoms with Crippen LogP contribution in [-0.4, -0.2) is 60.9 Å². The number of aryl methyl sites for hydroxylation is 1. The fourth-order valence-electron chi connectivity index (χ4n) is 6.53. The van der Waals surface area contributed by atoms with Crippen LogP contribution in [0.1, 0.15) is 47.3 Å². The molecule has 9 nitrogen and oxygen atoms in total. The molecule has 7 rings (SSSR count).